The maximum atomic E-state index is 13.0. The van der Waals surface area contributed by atoms with Gasteiger partial charge in [0.2, 0.25) is 0 Å². The fraction of sp³-hybridized carbons (Fsp3) is 0.366. The van der Waals surface area contributed by atoms with E-state index in [-0.39, 0.29) is 43.8 Å². The van der Waals surface area contributed by atoms with E-state index in [2.05, 4.69) is 20.1 Å². The third kappa shape index (κ3) is 10.3. The molecule has 0 heterocycles. The van der Waals surface area contributed by atoms with Crippen molar-refractivity contribution in [3.63, 3.8) is 0 Å². The lowest BCUT2D eigenvalue weighted by Gasteiger charge is -2.21. The van der Waals surface area contributed by atoms with Crippen molar-refractivity contribution in [2.45, 2.75) is 70.3 Å². The molecule has 2 aliphatic carbocycles. The van der Waals surface area contributed by atoms with Crippen molar-refractivity contribution in [2.75, 3.05) is 26.4 Å². The standard InChI is InChI=1S/C41H44O10/c1-4-38(42)48-23-22-47-30-13-15-32(16-14-30)51-41(45)29-12-18-34-35-19-17-33(26-37(35)28(3)36(34)25-29)46-20-8-9-21-49-40(44)27(2)24-39(43)50-31-10-6-5-7-11-31/h4,12-19,25-26,28,31H,1-2,5-11,20-24H2,3H3. The van der Waals surface area contributed by atoms with Crippen LogP contribution >= 0.6 is 0 Å². The summed E-state index contributed by atoms with van der Waals surface area (Å²) in [7, 11) is 0. The Morgan fingerprint density at radius 3 is 2.14 bits per heavy atom. The molecule has 3 aromatic carbocycles. The first kappa shape index (κ1) is 36.9. The number of benzene rings is 3. The van der Waals surface area contributed by atoms with E-state index >= 15 is 0 Å². The Bertz CT molecular complexity index is 1740. The number of carbonyl (C=O) groups excluding carboxylic acids is 4. The quantitative estimate of drug-likeness (QED) is 0.0457. The molecule has 0 radical (unpaired) electrons. The second-order valence-corrected chi connectivity index (χ2v) is 12.6. The van der Waals surface area contributed by atoms with Gasteiger partial charge >= 0.3 is 23.9 Å². The first-order valence-electron chi connectivity index (χ1n) is 17.4. The van der Waals surface area contributed by atoms with E-state index in [9.17, 15) is 19.2 Å². The van der Waals surface area contributed by atoms with Crippen LogP contribution in [0.3, 0.4) is 0 Å². The molecule has 1 atom stereocenters. The van der Waals surface area contributed by atoms with Gasteiger partial charge in [0.05, 0.1) is 25.2 Å². The van der Waals surface area contributed by atoms with Gasteiger partial charge in [0.1, 0.15) is 36.6 Å². The highest BCUT2D eigenvalue weighted by atomic mass is 16.6. The number of esters is 4. The maximum absolute atomic E-state index is 13.0. The number of hydrogen-bond donors (Lipinski definition) is 0. The number of ether oxygens (including phenoxy) is 6. The Hall–Kier alpha value is -5.38. The highest BCUT2D eigenvalue weighted by Gasteiger charge is 2.27. The molecular weight excluding hydrogens is 652 g/mol. The summed E-state index contributed by atoms with van der Waals surface area (Å²) in [5.74, 6) is -0.293. The zero-order chi connectivity index (χ0) is 36.2. The molecule has 0 aliphatic heterocycles. The van der Waals surface area contributed by atoms with Gasteiger partial charge < -0.3 is 28.4 Å². The molecule has 268 valence electrons. The summed E-state index contributed by atoms with van der Waals surface area (Å²) < 4.78 is 32.8. The molecule has 51 heavy (non-hydrogen) atoms. The largest absolute Gasteiger partial charge is 0.494 e. The molecule has 10 nitrogen and oxygen atoms in total. The third-order valence-corrected chi connectivity index (χ3v) is 8.87. The summed E-state index contributed by atoms with van der Waals surface area (Å²) in [6, 6.07) is 18.2. The van der Waals surface area contributed by atoms with Crippen molar-refractivity contribution in [3.05, 3.63) is 102 Å². The van der Waals surface area contributed by atoms with Gasteiger partial charge in [-0.25, -0.2) is 14.4 Å². The number of hydrogen-bond acceptors (Lipinski definition) is 10. The first-order chi connectivity index (χ1) is 24.7. The average molecular weight is 697 g/mol. The van der Waals surface area contributed by atoms with Crippen LogP contribution in [0.25, 0.3) is 11.1 Å². The monoisotopic (exact) mass is 696 g/mol. The van der Waals surface area contributed by atoms with E-state index in [1.807, 2.05) is 30.3 Å². The summed E-state index contributed by atoms with van der Waals surface area (Å²) in [5.41, 5.74) is 4.84. The fourth-order valence-electron chi connectivity index (χ4n) is 6.14. The third-order valence-electron chi connectivity index (χ3n) is 8.87. The molecule has 10 heteroatoms. The van der Waals surface area contributed by atoms with E-state index in [4.69, 9.17) is 28.4 Å². The SMILES string of the molecule is C=CC(=O)OCCOc1ccc(OC(=O)c2ccc3c(c2)C(C)c2cc(OCCCCOC(=O)C(=C)CC(=O)OC4CCCCC4)ccc2-3)cc1. The van der Waals surface area contributed by atoms with E-state index in [1.54, 1.807) is 30.3 Å². The van der Waals surface area contributed by atoms with Gasteiger partial charge in [-0.15, -0.1) is 0 Å². The molecule has 1 unspecified atom stereocenters. The highest BCUT2D eigenvalue weighted by molar-refractivity contribution is 5.94. The summed E-state index contributed by atoms with van der Waals surface area (Å²) in [5, 5.41) is 0. The Balaban J connectivity index is 1.03. The Labute approximate surface area is 298 Å². The van der Waals surface area contributed by atoms with Crippen LogP contribution in [0.4, 0.5) is 0 Å². The molecule has 1 saturated carbocycles. The zero-order valence-corrected chi connectivity index (χ0v) is 29.0. The number of unbranched alkanes of at least 4 members (excludes halogenated alkanes) is 1. The minimum Gasteiger partial charge on any atom is -0.494 e. The lowest BCUT2D eigenvalue weighted by Crippen LogP contribution is -2.22. The second-order valence-electron chi connectivity index (χ2n) is 12.6. The van der Waals surface area contributed by atoms with Crippen LogP contribution in [0.1, 0.15) is 85.7 Å². The minimum atomic E-state index is -0.581. The van der Waals surface area contributed by atoms with Crippen molar-refractivity contribution >= 4 is 23.9 Å². The topological polar surface area (TPSA) is 124 Å². The lowest BCUT2D eigenvalue weighted by molar-refractivity contribution is -0.151. The van der Waals surface area contributed by atoms with Crippen molar-refractivity contribution in [1.82, 2.24) is 0 Å². The zero-order valence-electron chi connectivity index (χ0n) is 29.0. The van der Waals surface area contributed by atoms with Crippen LogP contribution in [0.15, 0.2) is 85.5 Å². The van der Waals surface area contributed by atoms with Gasteiger partial charge in [-0.05, 0) is 109 Å². The molecule has 2 aliphatic rings. The van der Waals surface area contributed by atoms with Gasteiger partial charge in [0.15, 0.2) is 0 Å². The van der Waals surface area contributed by atoms with Crippen LogP contribution in [-0.4, -0.2) is 56.4 Å². The Kier molecular flexibility index (Phi) is 13.0. The summed E-state index contributed by atoms with van der Waals surface area (Å²) in [6.07, 6.45) is 7.18. The molecular formula is C41H44O10. The number of carbonyl (C=O) groups is 4. The summed E-state index contributed by atoms with van der Waals surface area (Å²) in [6.45, 7) is 10.1. The van der Waals surface area contributed by atoms with Crippen LogP contribution in [0.2, 0.25) is 0 Å². The maximum Gasteiger partial charge on any atom is 0.343 e. The van der Waals surface area contributed by atoms with Gasteiger partial charge in [0.25, 0.3) is 0 Å². The van der Waals surface area contributed by atoms with E-state index in [1.165, 1.54) is 6.42 Å². The lowest BCUT2D eigenvalue weighted by atomic mass is 9.98. The number of rotatable bonds is 17. The number of fused-ring (bicyclic) bond motifs is 3. The smallest absolute Gasteiger partial charge is 0.343 e. The van der Waals surface area contributed by atoms with Gasteiger partial charge in [0, 0.05) is 17.6 Å². The van der Waals surface area contributed by atoms with Crippen LogP contribution in [0, 0.1) is 0 Å². The van der Waals surface area contributed by atoms with Gasteiger partial charge in [-0.1, -0.05) is 38.6 Å². The Morgan fingerprint density at radius 2 is 1.39 bits per heavy atom. The van der Waals surface area contributed by atoms with Crippen LogP contribution in [-0.2, 0) is 28.6 Å². The molecule has 0 amide bonds. The predicted molar refractivity (Wildman–Crippen MR) is 190 cm³/mol. The molecule has 0 spiro atoms. The normalized spacial score (nSPS) is 14.7. The molecule has 0 aromatic heterocycles. The molecule has 3 aromatic rings. The molecule has 5 rings (SSSR count). The average Bonchev–Trinajstić information content (AvgIpc) is 3.42. The first-order valence-corrected chi connectivity index (χ1v) is 17.4. The molecule has 1 fully saturated rings. The van der Waals surface area contributed by atoms with Crippen molar-refractivity contribution < 1.29 is 47.6 Å². The molecule has 0 N–H and O–H groups in total. The molecule has 0 saturated heterocycles. The second kappa shape index (κ2) is 18.0. The summed E-state index contributed by atoms with van der Waals surface area (Å²) >= 11 is 0. The van der Waals surface area contributed by atoms with Crippen LogP contribution < -0.4 is 14.2 Å². The van der Waals surface area contributed by atoms with Crippen molar-refractivity contribution in [2.24, 2.45) is 0 Å². The van der Waals surface area contributed by atoms with Gasteiger partial charge in [-0.2, -0.15) is 0 Å². The van der Waals surface area contributed by atoms with Crippen molar-refractivity contribution in [1.29, 1.82) is 0 Å². The van der Waals surface area contributed by atoms with Gasteiger partial charge in [-0.3, -0.25) is 4.79 Å². The van der Waals surface area contributed by atoms with E-state index < -0.39 is 23.9 Å². The fourth-order valence-corrected chi connectivity index (χ4v) is 6.14. The predicted octanol–water partition coefficient (Wildman–Crippen LogP) is 7.67. The summed E-state index contributed by atoms with van der Waals surface area (Å²) in [4.78, 5) is 48.6. The Morgan fingerprint density at radius 1 is 0.745 bits per heavy atom. The van der Waals surface area contributed by atoms with E-state index in [0.29, 0.717) is 36.5 Å². The van der Waals surface area contributed by atoms with E-state index in [0.717, 1.165) is 59.8 Å². The van der Waals surface area contributed by atoms with Crippen LogP contribution in [0.5, 0.6) is 17.2 Å². The minimum absolute atomic E-state index is 0.0425. The molecule has 0 bridgehead atoms. The highest BCUT2D eigenvalue weighted by Crippen LogP contribution is 2.46. The van der Waals surface area contributed by atoms with Crippen molar-refractivity contribution in [3.8, 4) is 28.4 Å².